The molecule has 0 aliphatic carbocycles. The molecule has 1 heterocycles. The summed E-state index contributed by atoms with van der Waals surface area (Å²) < 4.78 is 0.903. The molecular weight excluding hydrogens is 290 g/mol. The van der Waals surface area contributed by atoms with Crippen molar-refractivity contribution in [2.75, 3.05) is 0 Å². The van der Waals surface area contributed by atoms with Crippen LogP contribution in [-0.2, 0) is 11.3 Å². The van der Waals surface area contributed by atoms with Gasteiger partial charge in [-0.3, -0.25) is 24.3 Å². The lowest BCUT2D eigenvalue weighted by Gasteiger charge is -2.11. The van der Waals surface area contributed by atoms with E-state index in [4.69, 9.17) is 10.4 Å². The molecule has 0 radical (unpaired) electrons. The zero-order valence-corrected chi connectivity index (χ0v) is 11.1. The van der Waals surface area contributed by atoms with Crippen LogP contribution in [0.2, 0.25) is 0 Å². The zero-order chi connectivity index (χ0) is 16.3. The summed E-state index contributed by atoms with van der Waals surface area (Å²) in [6, 6.07) is 9.80. The van der Waals surface area contributed by atoms with E-state index in [0.29, 0.717) is 5.56 Å². The van der Waals surface area contributed by atoms with Gasteiger partial charge in [0.2, 0.25) is 0 Å². The average Bonchev–Trinajstić information content (AvgIpc) is 2.49. The van der Waals surface area contributed by atoms with Crippen LogP contribution in [-0.4, -0.2) is 20.6 Å². The predicted molar refractivity (Wildman–Crippen MR) is 75.1 cm³/mol. The molecule has 0 amide bonds. The van der Waals surface area contributed by atoms with Crippen LogP contribution in [0, 0.1) is 21.4 Å². The first-order valence-corrected chi connectivity index (χ1v) is 6.04. The first-order chi connectivity index (χ1) is 10.4. The van der Waals surface area contributed by atoms with Crippen molar-refractivity contribution in [1.29, 1.82) is 5.26 Å². The van der Waals surface area contributed by atoms with Gasteiger partial charge in [-0.1, -0.05) is 12.1 Å². The summed E-state index contributed by atoms with van der Waals surface area (Å²) in [5.74, 6) is -1.26. The Morgan fingerprint density at radius 2 is 2.09 bits per heavy atom. The third-order valence-corrected chi connectivity index (χ3v) is 2.94. The van der Waals surface area contributed by atoms with Crippen LogP contribution in [0.25, 0.3) is 11.3 Å². The lowest BCUT2D eigenvalue weighted by Crippen LogP contribution is -2.27. The van der Waals surface area contributed by atoms with E-state index >= 15 is 0 Å². The van der Waals surface area contributed by atoms with Crippen molar-refractivity contribution in [2.24, 2.45) is 0 Å². The smallest absolute Gasteiger partial charge is 0.323 e. The molecule has 0 spiro atoms. The normalized spacial score (nSPS) is 9.95. The molecular formula is C14H9N3O5. The Labute approximate surface area is 123 Å². The van der Waals surface area contributed by atoms with Gasteiger partial charge < -0.3 is 5.11 Å². The van der Waals surface area contributed by atoms with Crippen LogP contribution < -0.4 is 5.56 Å². The number of hydrogen-bond donors (Lipinski definition) is 1. The third kappa shape index (κ3) is 2.83. The van der Waals surface area contributed by atoms with E-state index in [9.17, 15) is 19.7 Å². The highest BCUT2D eigenvalue weighted by Gasteiger charge is 2.15. The van der Waals surface area contributed by atoms with Crippen molar-refractivity contribution in [3.63, 3.8) is 0 Å². The molecule has 0 aliphatic rings. The van der Waals surface area contributed by atoms with Crippen molar-refractivity contribution in [2.45, 2.75) is 6.54 Å². The highest BCUT2D eigenvalue weighted by Crippen LogP contribution is 2.23. The fourth-order valence-electron chi connectivity index (χ4n) is 1.99. The van der Waals surface area contributed by atoms with Gasteiger partial charge in [0.25, 0.3) is 11.2 Å². The SMILES string of the molecule is N#Cc1ccc(-c2cccc([N+](=O)[O-])c2)n(CC(=O)O)c1=O. The second kappa shape index (κ2) is 5.88. The molecule has 1 aromatic heterocycles. The van der Waals surface area contributed by atoms with Crippen molar-refractivity contribution in [3.8, 4) is 17.3 Å². The number of carboxylic acids is 1. The van der Waals surface area contributed by atoms with E-state index in [1.165, 1.54) is 36.4 Å². The molecule has 0 unspecified atom stereocenters. The molecule has 2 rings (SSSR count). The summed E-state index contributed by atoms with van der Waals surface area (Å²) >= 11 is 0. The van der Waals surface area contributed by atoms with Crippen LogP contribution >= 0.6 is 0 Å². The molecule has 22 heavy (non-hydrogen) atoms. The lowest BCUT2D eigenvalue weighted by molar-refractivity contribution is -0.384. The van der Waals surface area contributed by atoms with E-state index in [1.54, 1.807) is 6.07 Å². The number of rotatable bonds is 4. The van der Waals surface area contributed by atoms with Gasteiger partial charge >= 0.3 is 5.97 Å². The van der Waals surface area contributed by atoms with E-state index in [1.807, 2.05) is 0 Å². The Morgan fingerprint density at radius 3 is 2.68 bits per heavy atom. The number of nitro groups is 1. The Balaban J connectivity index is 2.70. The minimum Gasteiger partial charge on any atom is -0.480 e. The van der Waals surface area contributed by atoms with Gasteiger partial charge in [0.1, 0.15) is 18.2 Å². The Hall–Kier alpha value is -3.47. The van der Waals surface area contributed by atoms with E-state index in [0.717, 1.165) is 4.57 Å². The number of carboxylic acid groups (broad SMARTS) is 1. The summed E-state index contributed by atoms with van der Waals surface area (Å²) in [5.41, 5.74) is -0.632. The lowest BCUT2D eigenvalue weighted by atomic mass is 10.1. The molecule has 110 valence electrons. The number of aliphatic carboxylic acids is 1. The maximum Gasteiger partial charge on any atom is 0.323 e. The van der Waals surface area contributed by atoms with Gasteiger partial charge in [-0.2, -0.15) is 5.26 Å². The maximum absolute atomic E-state index is 12.1. The predicted octanol–water partition coefficient (Wildman–Crippen LogP) is 1.38. The number of hydrogen-bond acceptors (Lipinski definition) is 5. The standard InChI is InChI=1S/C14H9N3O5/c15-7-10-4-5-12(16(14(10)20)8-13(18)19)9-2-1-3-11(6-9)17(21)22/h1-6H,8H2,(H,18,19). The van der Waals surface area contributed by atoms with Crippen LogP contribution in [0.5, 0.6) is 0 Å². The summed E-state index contributed by atoms with van der Waals surface area (Å²) in [5, 5.41) is 28.6. The van der Waals surface area contributed by atoms with Crippen molar-refractivity contribution in [3.05, 3.63) is 62.4 Å². The molecule has 0 atom stereocenters. The monoisotopic (exact) mass is 299 g/mol. The van der Waals surface area contributed by atoms with Gasteiger partial charge in [0.15, 0.2) is 0 Å². The summed E-state index contributed by atoms with van der Waals surface area (Å²) in [4.78, 5) is 33.2. The van der Waals surface area contributed by atoms with Crippen LogP contribution in [0.15, 0.2) is 41.2 Å². The number of nitriles is 1. The fourth-order valence-corrected chi connectivity index (χ4v) is 1.99. The first kappa shape index (κ1) is 14.9. The first-order valence-electron chi connectivity index (χ1n) is 6.04. The van der Waals surface area contributed by atoms with Gasteiger partial charge in [-0.15, -0.1) is 0 Å². The molecule has 0 saturated heterocycles. The molecule has 0 saturated carbocycles. The van der Waals surface area contributed by atoms with Crippen molar-refractivity contribution in [1.82, 2.24) is 4.57 Å². The quantitative estimate of drug-likeness (QED) is 0.671. The average molecular weight is 299 g/mol. The van der Waals surface area contributed by atoms with E-state index in [-0.39, 0.29) is 16.9 Å². The molecule has 1 N–H and O–H groups in total. The van der Waals surface area contributed by atoms with Gasteiger partial charge in [0.05, 0.1) is 10.6 Å². The Bertz CT molecular complexity index is 864. The highest BCUT2D eigenvalue weighted by molar-refractivity contribution is 5.70. The highest BCUT2D eigenvalue weighted by atomic mass is 16.6. The van der Waals surface area contributed by atoms with Gasteiger partial charge in [-0.25, -0.2) is 0 Å². The Kier molecular flexibility index (Phi) is 3.99. The fraction of sp³-hybridized carbons (Fsp3) is 0.0714. The topological polar surface area (TPSA) is 126 Å². The zero-order valence-electron chi connectivity index (χ0n) is 11.1. The van der Waals surface area contributed by atoms with Gasteiger partial charge in [-0.05, 0) is 12.1 Å². The molecule has 8 heteroatoms. The number of aromatic nitrogens is 1. The molecule has 0 fully saturated rings. The molecule has 2 aromatic rings. The van der Waals surface area contributed by atoms with Gasteiger partial charge in [0, 0.05) is 17.7 Å². The van der Waals surface area contributed by atoms with Crippen molar-refractivity contribution < 1.29 is 14.8 Å². The number of nitro benzene ring substituents is 1. The number of nitrogens with zero attached hydrogens (tertiary/aromatic N) is 3. The Morgan fingerprint density at radius 1 is 1.36 bits per heavy atom. The van der Waals surface area contributed by atoms with Crippen LogP contribution in [0.1, 0.15) is 5.56 Å². The van der Waals surface area contributed by atoms with Crippen LogP contribution in [0.3, 0.4) is 0 Å². The second-order valence-electron chi connectivity index (χ2n) is 4.34. The minimum absolute atomic E-state index is 0.184. The third-order valence-electron chi connectivity index (χ3n) is 2.94. The number of carbonyl (C=O) groups is 1. The molecule has 0 bridgehead atoms. The maximum atomic E-state index is 12.1. The summed E-state index contributed by atoms with van der Waals surface area (Å²) in [7, 11) is 0. The second-order valence-corrected chi connectivity index (χ2v) is 4.34. The van der Waals surface area contributed by atoms with Crippen molar-refractivity contribution >= 4 is 11.7 Å². The summed E-state index contributed by atoms with van der Waals surface area (Å²) in [6.07, 6.45) is 0. The summed E-state index contributed by atoms with van der Waals surface area (Å²) in [6.45, 7) is -0.646. The van der Waals surface area contributed by atoms with Crippen LogP contribution in [0.4, 0.5) is 5.69 Å². The number of non-ortho nitro benzene ring substituents is 1. The number of pyridine rings is 1. The molecule has 0 aliphatic heterocycles. The molecule has 1 aromatic carbocycles. The molecule has 8 nitrogen and oxygen atoms in total. The number of benzene rings is 1. The largest absolute Gasteiger partial charge is 0.480 e. The minimum atomic E-state index is -1.26. The van der Waals surface area contributed by atoms with E-state index < -0.39 is 23.0 Å². The van der Waals surface area contributed by atoms with E-state index in [2.05, 4.69) is 0 Å².